The Labute approximate surface area is 135 Å². The number of halogens is 1. The number of hydrogen-bond donors (Lipinski definition) is 0. The topological polar surface area (TPSA) is 40.6 Å². The minimum absolute atomic E-state index is 0.110. The van der Waals surface area contributed by atoms with Crippen LogP contribution in [0.2, 0.25) is 0 Å². The molecule has 0 saturated carbocycles. The van der Waals surface area contributed by atoms with Crippen molar-refractivity contribution in [1.82, 2.24) is 0 Å². The Morgan fingerprint density at radius 1 is 1.00 bits per heavy atom. The number of anilines is 2. The van der Waals surface area contributed by atoms with Gasteiger partial charge >= 0.3 is 0 Å². The third-order valence-corrected chi connectivity index (χ3v) is 3.59. The largest absolute Gasteiger partial charge is 0.315 e. The average Bonchev–Trinajstić information content (AvgIpc) is 2.56. The number of benzene rings is 2. The SMILES string of the molecule is CC(=O)N(CCC(=O)N(C)c1ccccc1)c1ccccc1F. The Balaban J connectivity index is 2.06. The van der Waals surface area contributed by atoms with E-state index in [0.717, 1.165) is 5.69 Å². The Morgan fingerprint density at radius 2 is 1.61 bits per heavy atom. The van der Waals surface area contributed by atoms with Crippen molar-refractivity contribution in [2.75, 3.05) is 23.4 Å². The first-order valence-electron chi connectivity index (χ1n) is 7.35. The van der Waals surface area contributed by atoms with E-state index in [2.05, 4.69) is 0 Å². The highest BCUT2D eigenvalue weighted by molar-refractivity contribution is 5.95. The van der Waals surface area contributed by atoms with Crippen LogP contribution in [0.1, 0.15) is 13.3 Å². The quantitative estimate of drug-likeness (QED) is 0.850. The van der Waals surface area contributed by atoms with Gasteiger partial charge < -0.3 is 9.80 Å². The van der Waals surface area contributed by atoms with Crippen molar-refractivity contribution in [3.8, 4) is 0 Å². The maximum Gasteiger partial charge on any atom is 0.228 e. The number of para-hydroxylation sites is 2. The molecule has 23 heavy (non-hydrogen) atoms. The summed E-state index contributed by atoms with van der Waals surface area (Å²) in [5.74, 6) is -0.921. The molecule has 0 atom stereocenters. The summed E-state index contributed by atoms with van der Waals surface area (Å²) in [5.41, 5.74) is 0.966. The van der Waals surface area contributed by atoms with Crippen LogP contribution in [0.5, 0.6) is 0 Å². The first kappa shape index (κ1) is 16.7. The highest BCUT2D eigenvalue weighted by Crippen LogP contribution is 2.20. The second-order valence-electron chi connectivity index (χ2n) is 5.16. The third-order valence-electron chi connectivity index (χ3n) is 3.59. The number of hydrogen-bond acceptors (Lipinski definition) is 2. The van der Waals surface area contributed by atoms with E-state index in [9.17, 15) is 14.0 Å². The van der Waals surface area contributed by atoms with E-state index >= 15 is 0 Å². The zero-order valence-electron chi connectivity index (χ0n) is 13.2. The van der Waals surface area contributed by atoms with E-state index in [0.29, 0.717) is 0 Å². The van der Waals surface area contributed by atoms with E-state index in [-0.39, 0.29) is 30.5 Å². The number of nitrogens with zero attached hydrogens (tertiary/aromatic N) is 2. The van der Waals surface area contributed by atoms with Crippen molar-refractivity contribution in [1.29, 1.82) is 0 Å². The fourth-order valence-corrected chi connectivity index (χ4v) is 2.29. The van der Waals surface area contributed by atoms with Gasteiger partial charge in [-0.25, -0.2) is 4.39 Å². The lowest BCUT2D eigenvalue weighted by molar-refractivity contribution is -0.118. The minimum Gasteiger partial charge on any atom is -0.315 e. The van der Waals surface area contributed by atoms with Crippen LogP contribution in [0.15, 0.2) is 54.6 Å². The first-order valence-corrected chi connectivity index (χ1v) is 7.35. The van der Waals surface area contributed by atoms with Gasteiger partial charge in [0, 0.05) is 32.6 Å². The number of carbonyl (C=O) groups is 2. The molecule has 4 nitrogen and oxygen atoms in total. The molecule has 2 amide bonds. The summed E-state index contributed by atoms with van der Waals surface area (Å²) in [6, 6.07) is 15.3. The molecule has 5 heteroatoms. The van der Waals surface area contributed by atoms with Gasteiger partial charge in [-0.2, -0.15) is 0 Å². The fraction of sp³-hybridized carbons (Fsp3) is 0.222. The number of rotatable bonds is 5. The van der Waals surface area contributed by atoms with Gasteiger partial charge in [0.05, 0.1) is 5.69 Å². The average molecular weight is 314 g/mol. The van der Waals surface area contributed by atoms with E-state index in [1.54, 1.807) is 19.2 Å². The van der Waals surface area contributed by atoms with Gasteiger partial charge in [-0.1, -0.05) is 30.3 Å². The summed E-state index contributed by atoms with van der Waals surface area (Å²) in [5, 5.41) is 0. The highest BCUT2D eigenvalue weighted by Gasteiger charge is 2.18. The molecule has 0 radical (unpaired) electrons. The Morgan fingerprint density at radius 3 is 2.22 bits per heavy atom. The van der Waals surface area contributed by atoms with Crippen molar-refractivity contribution in [2.24, 2.45) is 0 Å². The zero-order chi connectivity index (χ0) is 16.8. The van der Waals surface area contributed by atoms with Crippen LogP contribution in [-0.4, -0.2) is 25.4 Å². The van der Waals surface area contributed by atoms with Crippen LogP contribution in [-0.2, 0) is 9.59 Å². The molecule has 0 bridgehead atoms. The van der Waals surface area contributed by atoms with Crippen LogP contribution in [0, 0.1) is 5.82 Å². The Bertz CT molecular complexity index is 688. The van der Waals surface area contributed by atoms with E-state index in [1.165, 1.54) is 28.9 Å². The third kappa shape index (κ3) is 4.16. The van der Waals surface area contributed by atoms with E-state index in [1.807, 2.05) is 30.3 Å². The van der Waals surface area contributed by atoms with Crippen LogP contribution >= 0.6 is 0 Å². The molecule has 2 aromatic carbocycles. The van der Waals surface area contributed by atoms with Gasteiger partial charge in [-0.15, -0.1) is 0 Å². The first-order chi connectivity index (χ1) is 11.0. The smallest absolute Gasteiger partial charge is 0.228 e. The molecular formula is C18H19FN2O2. The van der Waals surface area contributed by atoms with E-state index in [4.69, 9.17) is 0 Å². The molecule has 2 aromatic rings. The van der Waals surface area contributed by atoms with Gasteiger partial charge in [0.2, 0.25) is 11.8 Å². The maximum atomic E-state index is 13.9. The second-order valence-corrected chi connectivity index (χ2v) is 5.16. The number of carbonyl (C=O) groups excluding carboxylic acids is 2. The van der Waals surface area contributed by atoms with Crippen LogP contribution < -0.4 is 9.80 Å². The van der Waals surface area contributed by atoms with Gasteiger partial charge in [0.15, 0.2) is 0 Å². The van der Waals surface area contributed by atoms with Crippen LogP contribution in [0.25, 0.3) is 0 Å². The summed E-state index contributed by atoms with van der Waals surface area (Å²) >= 11 is 0. The molecule has 0 saturated heterocycles. The fourth-order valence-electron chi connectivity index (χ4n) is 2.29. The molecule has 0 N–H and O–H groups in total. The van der Waals surface area contributed by atoms with Gasteiger partial charge in [0.25, 0.3) is 0 Å². The summed E-state index contributed by atoms with van der Waals surface area (Å²) in [4.78, 5) is 26.9. The minimum atomic E-state index is -0.480. The molecular weight excluding hydrogens is 295 g/mol. The summed E-state index contributed by atoms with van der Waals surface area (Å²) < 4.78 is 13.9. The normalized spacial score (nSPS) is 10.2. The molecule has 0 aliphatic heterocycles. The lowest BCUT2D eigenvalue weighted by Gasteiger charge is -2.23. The van der Waals surface area contributed by atoms with Gasteiger partial charge in [-0.05, 0) is 24.3 Å². The lowest BCUT2D eigenvalue weighted by Crippen LogP contribution is -2.35. The highest BCUT2D eigenvalue weighted by atomic mass is 19.1. The summed E-state index contributed by atoms with van der Waals surface area (Å²) in [7, 11) is 1.68. The molecule has 2 rings (SSSR count). The van der Waals surface area contributed by atoms with Crippen LogP contribution in [0.3, 0.4) is 0 Å². The molecule has 0 spiro atoms. The van der Waals surface area contributed by atoms with E-state index < -0.39 is 5.82 Å². The van der Waals surface area contributed by atoms with Crippen molar-refractivity contribution >= 4 is 23.2 Å². The Hall–Kier alpha value is -2.69. The van der Waals surface area contributed by atoms with Crippen molar-refractivity contribution < 1.29 is 14.0 Å². The van der Waals surface area contributed by atoms with Crippen molar-refractivity contribution in [3.05, 3.63) is 60.4 Å². The number of amides is 2. The monoisotopic (exact) mass is 314 g/mol. The zero-order valence-corrected chi connectivity index (χ0v) is 13.2. The Kier molecular flexibility index (Phi) is 5.46. The molecule has 0 aliphatic carbocycles. The summed E-state index contributed by atoms with van der Waals surface area (Å²) in [6.07, 6.45) is 0.110. The predicted molar refractivity (Wildman–Crippen MR) is 88.9 cm³/mol. The summed E-state index contributed by atoms with van der Waals surface area (Å²) in [6.45, 7) is 1.49. The molecule has 0 aromatic heterocycles. The maximum absolute atomic E-state index is 13.9. The lowest BCUT2D eigenvalue weighted by atomic mass is 10.2. The van der Waals surface area contributed by atoms with Gasteiger partial charge in [-0.3, -0.25) is 9.59 Å². The standard InChI is InChI=1S/C18H19FN2O2/c1-14(22)21(17-11-7-6-10-16(17)19)13-12-18(23)20(2)15-8-4-3-5-9-15/h3-11H,12-13H2,1-2H3. The predicted octanol–water partition coefficient (Wildman–Crippen LogP) is 3.23. The van der Waals surface area contributed by atoms with Crippen molar-refractivity contribution in [3.63, 3.8) is 0 Å². The molecule has 0 aliphatic rings. The molecule has 0 fully saturated rings. The van der Waals surface area contributed by atoms with Gasteiger partial charge in [0.1, 0.15) is 5.82 Å². The molecule has 0 heterocycles. The molecule has 120 valence electrons. The van der Waals surface area contributed by atoms with Crippen molar-refractivity contribution in [2.45, 2.75) is 13.3 Å². The molecule has 0 unspecified atom stereocenters. The second kappa shape index (κ2) is 7.54. The van der Waals surface area contributed by atoms with Crippen LogP contribution in [0.4, 0.5) is 15.8 Å².